The summed E-state index contributed by atoms with van der Waals surface area (Å²) in [6.45, 7) is 9.10. The third-order valence-corrected chi connectivity index (χ3v) is 5.85. The molecule has 0 spiro atoms. The molecule has 3 rings (SSSR count). The second-order valence-corrected chi connectivity index (χ2v) is 8.56. The van der Waals surface area contributed by atoms with Crippen molar-refractivity contribution in [3.05, 3.63) is 76.7 Å². The van der Waals surface area contributed by atoms with Gasteiger partial charge in [-0.15, -0.1) is 0 Å². The molecule has 2 heterocycles. The number of hydrogen-bond acceptors (Lipinski definition) is 5. The molecule has 0 aliphatic rings. The van der Waals surface area contributed by atoms with E-state index >= 15 is 0 Å². The number of nitrogens with zero attached hydrogens (tertiary/aromatic N) is 4. The van der Waals surface area contributed by atoms with E-state index in [1.807, 2.05) is 52.9 Å². The van der Waals surface area contributed by atoms with Gasteiger partial charge in [-0.2, -0.15) is 5.10 Å². The highest BCUT2D eigenvalue weighted by atomic mass is 16.5. The molecule has 35 heavy (non-hydrogen) atoms. The Hall–Kier alpha value is -3.68. The smallest absolute Gasteiger partial charge is 0.269 e. The molecular formula is C27H35N5O3. The molecule has 0 aliphatic carbocycles. The van der Waals surface area contributed by atoms with E-state index in [-0.39, 0.29) is 17.9 Å². The number of amides is 2. The molecular weight excluding hydrogens is 442 g/mol. The van der Waals surface area contributed by atoms with E-state index in [9.17, 15) is 9.59 Å². The van der Waals surface area contributed by atoms with Crippen molar-refractivity contribution in [2.75, 3.05) is 20.2 Å². The number of aromatic nitrogens is 3. The minimum absolute atomic E-state index is 0.108. The van der Waals surface area contributed by atoms with Gasteiger partial charge in [-0.1, -0.05) is 30.3 Å². The van der Waals surface area contributed by atoms with Crippen LogP contribution in [0.4, 0.5) is 0 Å². The van der Waals surface area contributed by atoms with Gasteiger partial charge in [-0.25, -0.2) is 4.98 Å². The highest BCUT2D eigenvalue weighted by molar-refractivity contribution is 5.95. The molecule has 1 unspecified atom stereocenters. The molecule has 3 aromatic rings. The first kappa shape index (κ1) is 25.9. The topological polar surface area (TPSA) is 89.4 Å². The molecule has 0 bridgehead atoms. The highest BCUT2D eigenvalue weighted by Gasteiger charge is 2.23. The van der Waals surface area contributed by atoms with Crippen LogP contribution in [0, 0.1) is 13.8 Å². The van der Waals surface area contributed by atoms with Crippen molar-refractivity contribution in [2.24, 2.45) is 0 Å². The van der Waals surface area contributed by atoms with Crippen LogP contribution in [0.15, 0.2) is 48.5 Å². The standard InChI is InChI=1S/C27H35N5O3/c1-6-32-24(16-20(4)30-32)26(33)28-14-13-23(17-21-11-9-8-10-12-21)31(5)27(34)22-15-19(3)29-25(18-22)35-7-2/h8-12,15-16,18,23H,6-7,13-14,17H2,1-5H3,(H,28,33). The van der Waals surface area contributed by atoms with Gasteiger partial charge < -0.3 is 15.0 Å². The summed E-state index contributed by atoms with van der Waals surface area (Å²) in [6, 6.07) is 15.2. The fraction of sp³-hybridized carbons (Fsp3) is 0.407. The summed E-state index contributed by atoms with van der Waals surface area (Å²) in [5, 5.41) is 7.35. The number of aryl methyl sites for hydroxylation is 3. The molecule has 2 aromatic heterocycles. The minimum Gasteiger partial charge on any atom is -0.478 e. The minimum atomic E-state index is -0.161. The second-order valence-electron chi connectivity index (χ2n) is 8.56. The summed E-state index contributed by atoms with van der Waals surface area (Å²) in [5.41, 5.74) is 3.74. The number of ether oxygens (including phenoxy) is 1. The molecule has 1 aromatic carbocycles. The monoisotopic (exact) mass is 477 g/mol. The highest BCUT2D eigenvalue weighted by Crippen LogP contribution is 2.18. The molecule has 0 radical (unpaired) electrons. The van der Waals surface area contributed by atoms with Gasteiger partial charge >= 0.3 is 0 Å². The largest absolute Gasteiger partial charge is 0.478 e. The van der Waals surface area contributed by atoms with E-state index in [4.69, 9.17) is 4.74 Å². The van der Waals surface area contributed by atoms with Crippen molar-refractivity contribution in [2.45, 2.75) is 53.1 Å². The lowest BCUT2D eigenvalue weighted by Crippen LogP contribution is -2.41. The molecule has 0 fully saturated rings. The van der Waals surface area contributed by atoms with Crippen LogP contribution in [0.5, 0.6) is 5.88 Å². The Morgan fingerprint density at radius 1 is 1.09 bits per heavy atom. The Kier molecular flexibility index (Phi) is 9.00. The third kappa shape index (κ3) is 6.91. The number of carbonyl (C=O) groups is 2. The first-order chi connectivity index (χ1) is 16.8. The summed E-state index contributed by atoms with van der Waals surface area (Å²) in [6.07, 6.45) is 1.28. The summed E-state index contributed by atoms with van der Waals surface area (Å²) in [4.78, 5) is 32.3. The van der Waals surface area contributed by atoms with E-state index in [0.29, 0.717) is 49.7 Å². The average Bonchev–Trinajstić information content (AvgIpc) is 3.23. The Morgan fingerprint density at radius 2 is 1.83 bits per heavy atom. The zero-order valence-electron chi connectivity index (χ0n) is 21.2. The molecule has 8 nitrogen and oxygen atoms in total. The lowest BCUT2D eigenvalue weighted by Gasteiger charge is -2.29. The maximum Gasteiger partial charge on any atom is 0.269 e. The Balaban J connectivity index is 1.75. The van der Waals surface area contributed by atoms with Gasteiger partial charge in [0.25, 0.3) is 11.8 Å². The zero-order chi connectivity index (χ0) is 25.4. The lowest BCUT2D eigenvalue weighted by atomic mass is 10.0. The number of benzene rings is 1. The predicted octanol–water partition coefficient (Wildman–Crippen LogP) is 3.82. The maximum atomic E-state index is 13.4. The first-order valence-corrected chi connectivity index (χ1v) is 12.1. The summed E-state index contributed by atoms with van der Waals surface area (Å²) in [5.74, 6) is 0.174. The van der Waals surface area contributed by atoms with Gasteiger partial charge in [0, 0.05) is 43.5 Å². The number of carbonyl (C=O) groups excluding carboxylic acids is 2. The predicted molar refractivity (Wildman–Crippen MR) is 136 cm³/mol. The van der Waals surface area contributed by atoms with Gasteiger partial charge in [-0.3, -0.25) is 14.3 Å². The number of nitrogens with one attached hydrogen (secondary N) is 1. The van der Waals surface area contributed by atoms with Gasteiger partial charge in [0.15, 0.2) is 0 Å². The number of likely N-dealkylation sites (N-methyl/N-ethyl adjacent to an activating group) is 1. The fourth-order valence-corrected chi connectivity index (χ4v) is 4.08. The number of hydrogen-bond donors (Lipinski definition) is 1. The Labute approximate surface area is 207 Å². The van der Waals surface area contributed by atoms with Crippen LogP contribution < -0.4 is 10.1 Å². The van der Waals surface area contributed by atoms with E-state index < -0.39 is 0 Å². The van der Waals surface area contributed by atoms with Gasteiger partial charge in [0.05, 0.1) is 12.3 Å². The molecule has 1 N–H and O–H groups in total. The van der Waals surface area contributed by atoms with Crippen molar-refractivity contribution in [3.8, 4) is 5.88 Å². The molecule has 2 amide bonds. The van der Waals surface area contributed by atoms with E-state index in [0.717, 1.165) is 17.0 Å². The van der Waals surface area contributed by atoms with E-state index in [1.54, 1.807) is 27.8 Å². The summed E-state index contributed by atoms with van der Waals surface area (Å²) in [7, 11) is 1.81. The van der Waals surface area contributed by atoms with Crippen LogP contribution in [0.3, 0.4) is 0 Å². The average molecular weight is 478 g/mol. The van der Waals surface area contributed by atoms with Crippen LogP contribution in [-0.2, 0) is 13.0 Å². The van der Waals surface area contributed by atoms with E-state index in [1.165, 1.54) is 0 Å². The summed E-state index contributed by atoms with van der Waals surface area (Å²) >= 11 is 0. The summed E-state index contributed by atoms with van der Waals surface area (Å²) < 4.78 is 7.23. The van der Waals surface area contributed by atoms with Crippen LogP contribution in [-0.4, -0.2) is 57.7 Å². The fourth-order valence-electron chi connectivity index (χ4n) is 4.08. The van der Waals surface area contributed by atoms with Crippen molar-refractivity contribution in [3.63, 3.8) is 0 Å². The van der Waals surface area contributed by atoms with Crippen molar-refractivity contribution < 1.29 is 14.3 Å². The third-order valence-electron chi connectivity index (χ3n) is 5.85. The van der Waals surface area contributed by atoms with Crippen molar-refractivity contribution >= 4 is 11.8 Å². The van der Waals surface area contributed by atoms with E-state index in [2.05, 4.69) is 27.5 Å². The molecule has 0 saturated carbocycles. The van der Waals surface area contributed by atoms with Crippen molar-refractivity contribution in [1.82, 2.24) is 25.0 Å². The van der Waals surface area contributed by atoms with Gasteiger partial charge in [-0.05, 0) is 58.2 Å². The molecule has 0 saturated heterocycles. The Bertz CT molecular complexity index is 1140. The van der Waals surface area contributed by atoms with Crippen LogP contribution in [0.1, 0.15) is 58.1 Å². The number of pyridine rings is 1. The second kappa shape index (κ2) is 12.1. The molecule has 0 aliphatic heterocycles. The Morgan fingerprint density at radius 3 is 2.51 bits per heavy atom. The van der Waals surface area contributed by atoms with Gasteiger partial charge in [0.2, 0.25) is 5.88 Å². The first-order valence-electron chi connectivity index (χ1n) is 12.1. The zero-order valence-corrected chi connectivity index (χ0v) is 21.2. The SMILES string of the molecule is CCOc1cc(C(=O)N(C)C(CCNC(=O)c2cc(C)nn2CC)Cc2ccccc2)cc(C)n1. The molecule has 1 atom stereocenters. The quantitative estimate of drug-likeness (QED) is 0.454. The van der Waals surface area contributed by atoms with Crippen molar-refractivity contribution in [1.29, 1.82) is 0 Å². The molecule has 8 heteroatoms. The normalized spacial score (nSPS) is 11.7. The molecule has 186 valence electrons. The van der Waals surface area contributed by atoms with Crippen LogP contribution >= 0.6 is 0 Å². The number of rotatable bonds is 11. The van der Waals surface area contributed by atoms with Gasteiger partial charge in [0.1, 0.15) is 5.69 Å². The lowest BCUT2D eigenvalue weighted by molar-refractivity contribution is 0.0722. The van der Waals surface area contributed by atoms with Crippen LogP contribution in [0.2, 0.25) is 0 Å². The maximum absolute atomic E-state index is 13.4. The van der Waals surface area contributed by atoms with Crippen LogP contribution in [0.25, 0.3) is 0 Å².